The molecule has 2 aromatic carbocycles. The molecule has 1 aromatic heterocycles. The first-order valence-corrected chi connectivity index (χ1v) is 11.1. The third kappa shape index (κ3) is 4.27. The molecule has 2 atom stereocenters. The minimum atomic E-state index is -2.35. The van der Waals surface area contributed by atoms with Crippen LogP contribution in [-0.4, -0.2) is 30.4 Å². The van der Waals surface area contributed by atoms with Crippen LogP contribution in [-0.2, 0) is 40.5 Å². The molecule has 0 spiro atoms. The molecule has 11 heteroatoms. The summed E-state index contributed by atoms with van der Waals surface area (Å²) in [5.74, 6) is -2.39. The van der Waals surface area contributed by atoms with Gasteiger partial charge in [0.25, 0.3) is 11.5 Å². The van der Waals surface area contributed by atoms with Gasteiger partial charge in [0.15, 0.2) is 5.25 Å². The largest absolute Gasteiger partial charge is 0.351 e. The van der Waals surface area contributed by atoms with Gasteiger partial charge in [-0.15, -0.1) is 0 Å². The van der Waals surface area contributed by atoms with Gasteiger partial charge in [-0.3, -0.25) is 27.7 Å². The summed E-state index contributed by atoms with van der Waals surface area (Å²) in [6.07, 6.45) is 0. The number of carbonyl (C=O) groups excluding carboxylic acids is 2. The van der Waals surface area contributed by atoms with Crippen molar-refractivity contribution >= 4 is 28.4 Å². The average molecular weight is 470 g/mol. The molecule has 2 amide bonds. The van der Waals surface area contributed by atoms with Crippen LogP contribution in [0, 0.1) is 5.82 Å². The average Bonchev–Trinajstić information content (AvgIpc) is 2.80. The summed E-state index contributed by atoms with van der Waals surface area (Å²) >= 11 is 0. The summed E-state index contributed by atoms with van der Waals surface area (Å²) in [7, 11) is -1.01. The molecule has 3 aromatic rings. The van der Waals surface area contributed by atoms with Crippen molar-refractivity contribution in [3.05, 3.63) is 92.4 Å². The minimum absolute atomic E-state index is 0.0293. The molecule has 0 fully saturated rings. The van der Waals surface area contributed by atoms with Crippen LogP contribution in [0.15, 0.2) is 69.1 Å². The lowest BCUT2D eigenvalue weighted by Gasteiger charge is -2.25. The van der Waals surface area contributed by atoms with Crippen LogP contribution in [0.1, 0.15) is 11.1 Å². The lowest BCUT2D eigenvalue weighted by atomic mass is 10.2. The second-order valence-electron chi connectivity index (χ2n) is 7.41. The molecule has 2 N–H and O–H groups in total. The second kappa shape index (κ2) is 8.94. The van der Waals surface area contributed by atoms with E-state index in [1.807, 2.05) is 0 Å². The van der Waals surface area contributed by atoms with E-state index in [0.29, 0.717) is 11.1 Å². The number of fused-ring (bicyclic) bond motifs is 1. The number of hydrogen-bond donors (Lipinski definition) is 2. The molecule has 0 bridgehead atoms. The van der Waals surface area contributed by atoms with Gasteiger partial charge in [0.05, 0.1) is 17.3 Å². The van der Waals surface area contributed by atoms with E-state index in [9.17, 15) is 27.8 Å². The highest BCUT2D eigenvalue weighted by Crippen LogP contribution is 2.23. The Morgan fingerprint density at radius 1 is 1.06 bits per heavy atom. The normalized spacial score (nSPS) is 17.2. The molecule has 33 heavy (non-hydrogen) atoms. The zero-order valence-electron chi connectivity index (χ0n) is 17.4. The number of nitrogens with zero attached hydrogens (tertiary/aromatic N) is 2. The molecule has 2 unspecified atom stereocenters. The van der Waals surface area contributed by atoms with Crippen LogP contribution < -0.4 is 21.9 Å². The summed E-state index contributed by atoms with van der Waals surface area (Å²) < 4.78 is 28.2. The van der Waals surface area contributed by atoms with Crippen LogP contribution in [0.25, 0.3) is 0 Å². The van der Waals surface area contributed by atoms with Crippen molar-refractivity contribution in [3.8, 4) is 0 Å². The number of benzene rings is 2. The van der Waals surface area contributed by atoms with Crippen molar-refractivity contribution in [1.29, 1.82) is 0 Å². The Bertz CT molecular complexity index is 1380. The summed E-state index contributed by atoms with van der Waals surface area (Å²) in [4.78, 5) is 50.8. The van der Waals surface area contributed by atoms with Crippen molar-refractivity contribution in [1.82, 2.24) is 14.5 Å². The van der Waals surface area contributed by atoms with Crippen LogP contribution in [0.4, 0.5) is 10.2 Å². The third-order valence-electron chi connectivity index (χ3n) is 5.20. The topological polar surface area (TPSA) is 119 Å². The van der Waals surface area contributed by atoms with Gasteiger partial charge in [-0.2, -0.15) is 0 Å². The molecule has 4 rings (SSSR count). The summed E-state index contributed by atoms with van der Waals surface area (Å²) in [5.41, 5.74) is -0.290. The van der Waals surface area contributed by atoms with Crippen molar-refractivity contribution in [2.45, 2.75) is 23.2 Å². The molecule has 0 saturated heterocycles. The quantitative estimate of drug-likeness (QED) is 0.526. The minimum Gasteiger partial charge on any atom is -0.351 e. The number of anilines is 1. The fourth-order valence-corrected chi connectivity index (χ4v) is 4.89. The Balaban J connectivity index is 1.66. The van der Waals surface area contributed by atoms with Crippen LogP contribution >= 0.6 is 0 Å². The highest BCUT2D eigenvalue weighted by atomic mass is 32.2. The lowest BCUT2D eigenvalue weighted by Crippen LogP contribution is -2.52. The zero-order valence-corrected chi connectivity index (χ0v) is 18.2. The highest BCUT2D eigenvalue weighted by Gasteiger charge is 2.42. The van der Waals surface area contributed by atoms with E-state index in [0.717, 1.165) is 9.13 Å². The first kappa shape index (κ1) is 22.3. The van der Waals surface area contributed by atoms with Crippen molar-refractivity contribution in [2.24, 2.45) is 7.05 Å². The maximum absolute atomic E-state index is 13.2. The number of carbonyl (C=O) groups is 2. The zero-order chi connectivity index (χ0) is 23.7. The monoisotopic (exact) mass is 470 g/mol. The summed E-state index contributed by atoms with van der Waals surface area (Å²) in [6.45, 7) is -0.0926. The first-order valence-electron chi connectivity index (χ1n) is 9.89. The summed E-state index contributed by atoms with van der Waals surface area (Å²) in [6, 6.07) is 14.1. The number of halogens is 1. The maximum Gasteiger partial charge on any atom is 0.332 e. The first-order chi connectivity index (χ1) is 15.8. The smallest absolute Gasteiger partial charge is 0.332 e. The molecule has 1 aliphatic heterocycles. The van der Waals surface area contributed by atoms with Crippen LogP contribution in [0.2, 0.25) is 0 Å². The fourth-order valence-electron chi connectivity index (χ4n) is 3.46. The van der Waals surface area contributed by atoms with Gasteiger partial charge in [-0.05, 0) is 23.3 Å². The van der Waals surface area contributed by atoms with Gasteiger partial charge in [-0.25, -0.2) is 9.18 Å². The number of amides is 2. The van der Waals surface area contributed by atoms with Crippen LogP contribution in [0.5, 0.6) is 0 Å². The number of nitrogens with one attached hydrogen (secondary N) is 2. The van der Waals surface area contributed by atoms with E-state index in [4.69, 9.17) is 0 Å². The predicted molar refractivity (Wildman–Crippen MR) is 119 cm³/mol. The van der Waals surface area contributed by atoms with Gasteiger partial charge in [0.2, 0.25) is 5.91 Å². The van der Waals surface area contributed by atoms with E-state index in [1.54, 1.807) is 30.3 Å². The van der Waals surface area contributed by atoms with E-state index in [1.165, 1.54) is 31.3 Å². The van der Waals surface area contributed by atoms with E-state index in [-0.39, 0.29) is 23.8 Å². The molecular weight excluding hydrogens is 451 g/mol. The number of hydrogen-bond acceptors (Lipinski definition) is 5. The predicted octanol–water partition coefficient (Wildman–Crippen LogP) is 0.479. The van der Waals surface area contributed by atoms with Crippen molar-refractivity contribution in [2.75, 3.05) is 5.32 Å². The standard InChI is InChI=1S/C22H19FN4O5S/c1-26-18-16(21(30)27(22(26)31)12-14-5-3-2-4-6-14)33(32)17(20(29)25-18)19(28)24-11-13-7-9-15(23)10-8-13/h2-10,17H,11-12H2,1H3,(H,24,28)(H,25,29). The highest BCUT2D eigenvalue weighted by molar-refractivity contribution is 7.87. The van der Waals surface area contributed by atoms with E-state index < -0.39 is 44.9 Å². The molecular formula is C22H19FN4O5S. The molecule has 2 heterocycles. The maximum atomic E-state index is 13.2. The Hall–Kier alpha value is -3.86. The SMILES string of the molecule is Cn1c2c(c(=O)n(Cc3ccccc3)c1=O)S(=O)C(C(=O)NCc1ccc(F)cc1)C(=O)N2. The van der Waals surface area contributed by atoms with Gasteiger partial charge >= 0.3 is 5.69 Å². The third-order valence-corrected chi connectivity index (χ3v) is 6.83. The molecule has 9 nitrogen and oxygen atoms in total. The van der Waals surface area contributed by atoms with Gasteiger partial charge in [0.1, 0.15) is 16.5 Å². The molecule has 0 aliphatic carbocycles. The molecule has 0 radical (unpaired) electrons. The molecule has 1 aliphatic rings. The Morgan fingerprint density at radius 3 is 2.39 bits per heavy atom. The van der Waals surface area contributed by atoms with Crippen molar-refractivity contribution < 1.29 is 18.2 Å². The Kier molecular flexibility index (Phi) is 6.05. The van der Waals surface area contributed by atoms with Crippen molar-refractivity contribution in [3.63, 3.8) is 0 Å². The van der Waals surface area contributed by atoms with Gasteiger partial charge in [-0.1, -0.05) is 42.5 Å². The van der Waals surface area contributed by atoms with Crippen LogP contribution in [0.3, 0.4) is 0 Å². The van der Waals surface area contributed by atoms with E-state index >= 15 is 0 Å². The fraction of sp³-hybridized carbons (Fsp3) is 0.182. The molecule has 0 saturated carbocycles. The summed E-state index contributed by atoms with van der Waals surface area (Å²) in [5, 5.41) is 3.18. The lowest BCUT2D eigenvalue weighted by molar-refractivity contribution is -0.126. The number of rotatable bonds is 5. The number of aromatic nitrogens is 2. The Labute approximate surface area is 189 Å². The Morgan fingerprint density at radius 2 is 1.73 bits per heavy atom. The van der Waals surface area contributed by atoms with Gasteiger partial charge < -0.3 is 10.6 Å². The molecule has 170 valence electrons. The van der Waals surface area contributed by atoms with E-state index in [2.05, 4.69) is 10.6 Å². The second-order valence-corrected chi connectivity index (χ2v) is 8.88. The van der Waals surface area contributed by atoms with Gasteiger partial charge in [0, 0.05) is 13.6 Å².